The molecule has 0 saturated heterocycles. The van der Waals surface area contributed by atoms with Crippen LogP contribution in [-0.4, -0.2) is 22.9 Å². The highest BCUT2D eigenvalue weighted by Crippen LogP contribution is 2.29. The van der Waals surface area contributed by atoms with Gasteiger partial charge in [-0.05, 0) is 12.1 Å². The van der Waals surface area contributed by atoms with Crippen molar-refractivity contribution in [2.24, 2.45) is 5.73 Å². The minimum Gasteiger partial charge on any atom is -0.504 e. The Morgan fingerprint density at radius 2 is 2.23 bits per heavy atom. The first-order chi connectivity index (χ1) is 6.16. The lowest BCUT2D eigenvalue weighted by atomic mass is 10.2. The highest BCUT2D eigenvalue weighted by atomic mass is 16.5. The Morgan fingerprint density at radius 3 is 2.77 bits per heavy atom. The highest BCUT2D eigenvalue weighted by Gasteiger charge is 2.12. The maximum atomic E-state index is 10.5. The van der Waals surface area contributed by atoms with Crippen LogP contribution in [0.5, 0.6) is 11.5 Å². The van der Waals surface area contributed by atoms with Gasteiger partial charge < -0.3 is 14.9 Å². The number of para-hydroxylation sites is 1. The molecule has 0 aliphatic rings. The number of aromatic hydroxyl groups is 1. The summed E-state index contributed by atoms with van der Waals surface area (Å²) in [5.74, 6) is -1.54. The van der Waals surface area contributed by atoms with E-state index in [1.807, 2.05) is 0 Å². The van der Waals surface area contributed by atoms with Gasteiger partial charge in [-0.15, -0.1) is 0 Å². The van der Waals surface area contributed by atoms with Crippen molar-refractivity contribution in [3.63, 3.8) is 0 Å². The first-order valence-corrected chi connectivity index (χ1v) is 3.55. The van der Waals surface area contributed by atoms with Crippen LogP contribution in [0.2, 0.25) is 0 Å². The van der Waals surface area contributed by atoms with E-state index in [2.05, 4.69) is 0 Å². The van der Waals surface area contributed by atoms with Crippen LogP contribution in [0.3, 0.4) is 0 Å². The van der Waals surface area contributed by atoms with Crippen LogP contribution < -0.4 is 10.5 Å². The number of carboxylic acid groups (broad SMARTS) is 1. The maximum Gasteiger partial charge on any atom is 0.339 e. The summed E-state index contributed by atoms with van der Waals surface area (Å²) in [5.41, 5.74) is 4.87. The normalized spacial score (nSPS) is 9.62. The molecule has 4 N–H and O–H groups in total. The van der Waals surface area contributed by atoms with Crippen molar-refractivity contribution >= 4 is 5.97 Å². The molecule has 0 unspecified atom stereocenters. The van der Waals surface area contributed by atoms with Crippen molar-refractivity contribution in [2.45, 2.75) is 0 Å². The zero-order valence-electron chi connectivity index (χ0n) is 6.73. The van der Waals surface area contributed by atoms with Crippen LogP contribution in [0.4, 0.5) is 0 Å². The Kier molecular flexibility index (Phi) is 2.71. The second kappa shape index (κ2) is 3.77. The van der Waals surface area contributed by atoms with Crippen LogP contribution in [0.1, 0.15) is 10.4 Å². The molecule has 0 atom stereocenters. The molecule has 5 nitrogen and oxygen atoms in total. The molecule has 1 aromatic carbocycles. The predicted molar refractivity (Wildman–Crippen MR) is 44.7 cm³/mol. The van der Waals surface area contributed by atoms with Gasteiger partial charge in [-0.1, -0.05) is 6.07 Å². The Morgan fingerprint density at radius 1 is 1.54 bits per heavy atom. The molecule has 70 valence electrons. The van der Waals surface area contributed by atoms with Crippen molar-refractivity contribution in [3.05, 3.63) is 23.8 Å². The predicted octanol–water partition coefficient (Wildman–Crippen LogP) is 0.385. The summed E-state index contributed by atoms with van der Waals surface area (Å²) >= 11 is 0. The summed E-state index contributed by atoms with van der Waals surface area (Å²) in [6.45, 7) is -0.114. The molecule has 5 heteroatoms. The number of nitrogens with two attached hydrogens (primary N) is 1. The van der Waals surface area contributed by atoms with E-state index in [1.54, 1.807) is 0 Å². The lowest BCUT2D eigenvalue weighted by molar-refractivity contribution is 0.0693. The monoisotopic (exact) mass is 183 g/mol. The Labute approximate surface area is 74.4 Å². The first-order valence-electron chi connectivity index (χ1n) is 3.55. The molecule has 1 rings (SSSR count). The average Bonchev–Trinajstić information content (AvgIpc) is 2.08. The fourth-order valence-electron chi connectivity index (χ4n) is 0.901. The average molecular weight is 183 g/mol. The van der Waals surface area contributed by atoms with Gasteiger partial charge in [0.05, 0.1) is 0 Å². The van der Waals surface area contributed by atoms with Gasteiger partial charge in [0.1, 0.15) is 12.3 Å². The number of benzene rings is 1. The number of carbonyl (C=O) groups is 1. The molecule has 0 aromatic heterocycles. The molecule has 0 saturated carbocycles. The van der Waals surface area contributed by atoms with Crippen LogP contribution in [-0.2, 0) is 0 Å². The van der Waals surface area contributed by atoms with E-state index in [4.69, 9.17) is 15.6 Å². The van der Waals surface area contributed by atoms with E-state index >= 15 is 0 Å². The van der Waals surface area contributed by atoms with Gasteiger partial charge in [0, 0.05) is 0 Å². The Hall–Kier alpha value is -1.75. The van der Waals surface area contributed by atoms with Crippen molar-refractivity contribution in [3.8, 4) is 11.5 Å². The van der Waals surface area contributed by atoms with E-state index in [1.165, 1.54) is 18.2 Å². The topological polar surface area (TPSA) is 92.8 Å². The Balaban J connectivity index is 3.10. The Bertz CT molecular complexity index is 324. The zero-order chi connectivity index (χ0) is 9.84. The number of phenols is 1. The zero-order valence-corrected chi connectivity index (χ0v) is 6.73. The van der Waals surface area contributed by atoms with E-state index in [0.717, 1.165) is 0 Å². The van der Waals surface area contributed by atoms with E-state index in [0.29, 0.717) is 0 Å². The lowest BCUT2D eigenvalue weighted by Gasteiger charge is -2.06. The number of ether oxygens (including phenoxy) is 1. The molecule has 1 aromatic rings. The third-order valence-corrected chi connectivity index (χ3v) is 1.47. The molecule has 0 bridgehead atoms. The number of hydrogen-bond donors (Lipinski definition) is 3. The van der Waals surface area contributed by atoms with Gasteiger partial charge in [-0.25, -0.2) is 4.79 Å². The summed E-state index contributed by atoms with van der Waals surface area (Å²) in [7, 11) is 0. The summed E-state index contributed by atoms with van der Waals surface area (Å²) in [6, 6.07) is 4.18. The van der Waals surface area contributed by atoms with Crippen LogP contribution in [0.15, 0.2) is 18.2 Å². The molecule has 0 aliphatic carbocycles. The van der Waals surface area contributed by atoms with Gasteiger partial charge in [0.15, 0.2) is 11.5 Å². The number of rotatable bonds is 3. The smallest absolute Gasteiger partial charge is 0.339 e. The summed E-state index contributed by atoms with van der Waals surface area (Å²) in [6.07, 6.45) is 0. The van der Waals surface area contributed by atoms with E-state index < -0.39 is 11.7 Å². The molecule has 0 heterocycles. The highest BCUT2D eigenvalue weighted by molar-refractivity contribution is 5.91. The summed E-state index contributed by atoms with van der Waals surface area (Å²) in [4.78, 5) is 10.5. The quantitative estimate of drug-likeness (QED) is 0.589. The summed E-state index contributed by atoms with van der Waals surface area (Å²) in [5, 5.41) is 17.9. The molecular weight excluding hydrogens is 174 g/mol. The minimum atomic E-state index is -1.21. The third-order valence-electron chi connectivity index (χ3n) is 1.47. The second-order valence-electron chi connectivity index (χ2n) is 2.27. The van der Waals surface area contributed by atoms with Crippen LogP contribution >= 0.6 is 0 Å². The molecule has 0 fully saturated rings. The van der Waals surface area contributed by atoms with Crippen LogP contribution in [0.25, 0.3) is 0 Å². The lowest BCUT2D eigenvalue weighted by Crippen LogP contribution is -2.08. The molecule has 0 aliphatic heterocycles. The van der Waals surface area contributed by atoms with Crippen molar-refractivity contribution in [1.82, 2.24) is 0 Å². The molecule has 0 radical (unpaired) electrons. The molecule has 13 heavy (non-hydrogen) atoms. The molecule has 0 amide bonds. The molecular formula is C8H9NO4. The van der Waals surface area contributed by atoms with Crippen LogP contribution in [0, 0.1) is 0 Å². The minimum absolute atomic E-state index is 0.0717. The number of carboxylic acids is 1. The van der Waals surface area contributed by atoms with Gasteiger partial charge in [-0.3, -0.25) is 5.73 Å². The third kappa shape index (κ3) is 1.88. The second-order valence-corrected chi connectivity index (χ2v) is 2.27. The SMILES string of the molecule is NCOc1cccc(C(=O)O)c1O. The first kappa shape index (κ1) is 9.34. The van der Waals surface area contributed by atoms with Gasteiger partial charge in [0.2, 0.25) is 0 Å². The molecule has 0 spiro atoms. The van der Waals surface area contributed by atoms with Gasteiger partial charge >= 0.3 is 5.97 Å². The number of hydrogen-bond acceptors (Lipinski definition) is 4. The fraction of sp³-hybridized carbons (Fsp3) is 0.125. The van der Waals surface area contributed by atoms with Crippen molar-refractivity contribution in [2.75, 3.05) is 6.73 Å². The maximum absolute atomic E-state index is 10.5. The van der Waals surface area contributed by atoms with Crippen molar-refractivity contribution in [1.29, 1.82) is 0 Å². The largest absolute Gasteiger partial charge is 0.504 e. The van der Waals surface area contributed by atoms with Crippen molar-refractivity contribution < 1.29 is 19.7 Å². The van der Waals surface area contributed by atoms with Gasteiger partial charge in [-0.2, -0.15) is 0 Å². The van der Waals surface area contributed by atoms with Gasteiger partial charge in [0.25, 0.3) is 0 Å². The number of aromatic carboxylic acids is 1. The fourth-order valence-corrected chi connectivity index (χ4v) is 0.901. The van der Waals surface area contributed by atoms with E-state index in [-0.39, 0.29) is 18.0 Å². The standard InChI is InChI=1S/C8H9NO4/c9-4-13-6-3-1-2-5(7(6)10)8(11)12/h1-3,10H,4,9H2,(H,11,12). The summed E-state index contributed by atoms with van der Waals surface area (Å²) < 4.78 is 4.79. The van der Waals surface area contributed by atoms with E-state index in [9.17, 15) is 9.90 Å².